The van der Waals surface area contributed by atoms with E-state index < -0.39 is 0 Å². The molecule has 19 heavy (non-hydrogen) atoms. The fourth-order valence-corrected chi connectivity index (χ4v) is 2.72. The molecule has 3 heteroatoms. The molecule has 1 aromatic rings. The average molecular weight is 260 g/mol. The van der Waals surface area contributed by atoms with Crippen LogP contribution in [0, 0.1) is 17.1 Å². The van der Waals surface area contributed by atoms with E-state index in [4.69, 9.17) is 5.26 Å². The van der Waals surface area contributed by atoms with E-state index in [1.807, 2.05) is 6.07 Å². The van der Waals surface area contributed by atoms with Crippen molar-refractivity contribution in [1.29, 1.82) is 5.26 Å². The number of rotatable bonds is 3. The second-order valence-electron chi connectivity index (χ2n) is 5.31. The summed E-state index contributed by atoms with van der Waals surface area (Å²) < 4.78 is 13.9. The minimum atomic E-state index is -0.372. The maximum Gasteiger partial charge on any atom is 0.145 e. The summed E-state index contributed by atoms with van der Waals surface area (Å²) in [4.78, 5) is 0. The Kier molecular flexibility index (Phi) is 5.35. The highest BCUT2D eigenvalue weighted by Crippen LogP contribution is 2.18. The third-order valence-corrected chi connectivity index (χ3v) is 3.89. The fraction of sp³-hybridized carbons (Fsp3) is 0.562. The first-order valence-corrected chi connectivity index (χ1v) is 7.22. The van der Waals surface area contributed by atoms with Crippen molar-refractivity contribution in [3.63, 3.8) is 0 Å². The molecule has 0 heterocycles. The van der Waals surface area contributed by atoms with Crippen molar-refractivity contribution in [1.82, 2.24) is 5.32 Å². The predicted molar refractivity (Wildman–Crippen MR) is 74.1 cm³/mol. The van der Waals surface area contributed by atoms with Crippen LogP contribution in [-0.4, -0.2) is 6.04 Å². The summed E-state index contributed by atoms with van der Waals surface area (Å²) in [6.07, 6.45) is 8.87. The number of hydrogen-bond acceptors (Lipinski definition) is 2. The normalized spacial score (nSPS) is 17.5. The molecule has 0 aliphatic heterocycles. The Morgan fingerprint density at radius 3 is 2.53 bits per heavy atom. The Balaban J connectivity index is 1.92. The van der Waals surface area contributed by atoms with E-state index in [1.165, 1.54) is 51.0 Å². The highest BCUT2D eigenvalue weighted by Gasteiger charge is 2.12. The Labute approximate surface area is 114 Å². The van der Waals surface area contributed by atoms with E-state index >= 15 is 0 Å². The van der Waals surface area contributed by atoms with Crippen LogP contribution in [0.25, 0.3) is 0 Å². The molecule has 2 rings (SSSR count). The lowest BCUT2D eigenvalue weighted by molar-refractivity contribution is 0.386. The smallest absolute Gasteiger partial charge is 0.145 e. The summed E-state index contributed by atoms with van der Waals surface area (Å²) in [5, 5.41) is 12.3. The van der Waals surface area contributed by atoms with Crippen molar-refractivity contribution >= 4 is 0 Å². The van der Waals surface area contributed by atoms with Crippen molar-refractivity contribution in [2.75, 3.05) is 0 Å². The van der Waals surface area contributed by atoms with Gasteiger partial charge >= 0.3 is 0 Å². The second kappa shape index (κ2) is 7.25. The van der Waals surface area contributed by atoms with Crippen LogP contribution >= 0.6 is 0 Å². The van der Waals surface area contributed by atoms with Gasteiger partial charge in [0.1, 0.15) is 11.9 Å². The van der Waals surface area contributed by atoms with Gasteiger partial charge in [0.25, 0.3) is 0 Å². The molecule has 2 nitrogen and oxygen atoms in total. The van der Waals surface area contributed by atoms with Crippen molar-refractivity contribution in [3.8, 4) is 6.07 Å². The number of benzene rings is 1. The van der Waals surface area contributed by atoms with Crippen molar-refractivity contribution in [3.05, 3.63) is 35.1 Å². The van der Waals surface area contributed by atoms with Gasteiger partial charge in [0.2, 0.25) is 0 Å². The van der Waals surface area contributed by atoms with E-state index in [2.05, 4.69) is 5.32 Å². The molecule has 1 N–H and O–H groups in total. The van der Waals surface area contributed by atoms with Crippen LogP contribution in [0.4, 0.5) is 4.39 Å². The summed E-state index contributed by atoms with van der Waals surface area (Å²) in [5.74, 6) is -0.372. The van der Waals surface area contributed by atoms with Gasteiger partial charge < -0.3 is 5.32 Å². The van der Waals surface area contributed by atoms with Gasteiger partial charge in [-0.15, -0.1) is 0 Å². The zero-order valence-electron chi connectivity index (χ0n) is 11.3. The van der Waals surface area contributed by atoms with E-state index in [1.54, 1.807) is 12.1 Å². The molecule has 0 unspecified atom stereocenters. The zero-order chi connectivity index (χ0) is 13.5. The molecular formula is C16H21FN2. The van der Waals surface area contributed by atoms with Crippen LogP contribution < -0.4 is 5.32 Å². The summed E-state index contributed by atoms with van der Waals surface area (Å²) in [5.41, 5.74) is 0.734. The Bertz CT molecular complexity index is 443. The molecule has 1 fully saturated rings. The SMILES string of the molecule is N#Cc1cccc(CNC2CCCCCCC2)c1F. The molecule has 0 aromatic heterocycles. The molecule has 0 radical (unpaired) electrons. The molecule has 102 valence electrons. The zero-order valence-corrected chi connectivity index (χ0v) is 11.3. The van der Waals surface area contributed by atoms with Crippen LogP contribution in [0.15, 0.2) is 18.2 Å². The molecule has 1 aromatic carbocycles. The quantitative estimate of drug-likeness (QED) is 0.894. The van der Waals surface area contributed by atoms with Gasteiger partial charge in [0.15, 0.2) is 0 Å². The number of nitrogens with one attached hydrogen (secondary N) is 1. The number of hydrogen-bond donors (Lipinski definition) is 1. The molecule has 0 saturated heterocycles. The summed E-state index contributed by atoms with van der Waals surface area (Å²) in [6, 6.07) is 7.41. The highest BCUT2D eigenvalue weighted by atomic mass is 19.1. The van der Waals surface area contributed by atoms with E-state index in [9.17, 15) is 4.39 Å². The van der Waals surface area contributed by atoms with Gasteiger partial charge in [-0.25, -0.2) is 4.39 Å². The first-order valence-electron chi connectivity index (χ1n) is 7.22. The minimum Gasteiger partial charge on any atom is -0.310 e. The van der Waals surface area contributed by atoms with Crippen molar-refractivity contribution in [2.45, 2.75) is 57.5 Å². The van der Waals surface area contributed by atoms with Gasteiger partial charge in [0, 0.05) is 18.2 Å². The molecule has 0 atom stereocenters. The summed E-state index contributed by atoms with van der Waals surface area (Å²) >= 11 is 0. The average Bonchev–Trinajstić information content (AvgIpc) is 2.39. The number of halogens is 1. The topological polar surface area (TPSA) is 35.8 Å². The first kappa shape index (κ1) is 14.0. The Morgan fingerprint density at radius 2 is 1.84 bits per heavy atom. The van der Waals surface area contributed by atoms with Gasteiger partial charge in [0.05, 0.1) is 5.56 Å². The summed E-state index contributed by atoms with van der Waals surface area (Å²) in [6.45, 7) is 0.520. The van der Waals surface area contributed by atoms with E-state index in [-0.39, 0.29) is 11.4 Å². The molecule has 1 aliphatic carbocycles. The van der Waals surface area contributed by atoms with Crippen LogP contribution in [-0.2, 0) is 6.54 Å². The number of nitriles is 1. The molecule has 0 amide bonds. The second-order valence-corrected chi connectivity index (χ2v) is 5.31. The van der Waals surface area contributed by atoms with Gasteiger partial charge in [-0.1, -0.05) is 44.2 Å². The standard InChI is InChI=1S/C16H21FN2/c17-16-13(11-18)7-6-8-14(16)12-19-15-9-4-2-1-3-5-10-15/h6-8,15,19H,1-5,9-10,12H2. The predicted octanol–water partition coefficient (Wildman–Crippen LogP) is 3.90. The van der Waals surface area contributed by atoms with E-state index in [0.717, 1.165) is 0 Å². The third kappa shape index (κ3) is 4.04. The first-order chi connectivity index (χ1) is 9.31. The Morgan fingerprint density at radius 1 is 1.16 bits per heavy atom. The van der Waals surface area contributed by atoms with Crippen LogP contribution in [0.2, 0.25) is 0 Å². The highest BCUT2D eigenvalue weighted by molar-refractivity contribution is 5.34. The van der Waals surface area contributed by atoms with Crippen LogP contribution in [0.3, 0.4) is 0 Å². The molecular weight excluding hydrogens is 239 g/mol. The van der Waals surface area contributed by atoms with Gasteiger partial charge in [-0.2, -0.15) is 5.26 Å². The largest absolute Gasteiger partial charge is 0.310 e. The lowest BCUT2D eigenvalue weighted by atomic mass is 9.96. The minimum absolute atomic E-state index is 0.136. The van der Waals surface area contributed by atoms with Crippen LogP contribution in [0.1, 0.15) is 56.1 Å². The molecule has 1 saturated carbocycles. The van der Waals surface area contributed by atoms with Crippen molar-refractivity contribution in [2.24, 2.45) is 0 Å². The lowest BCUT2D eigenvalue weighted by Crippen LogP contribution is -2.29. The maximum absolute atomic E-state index is 13.9. The molecule has 1 aliphatic rings. The van der Waals surface area contributed by atoms with Crippen molar-refractivity contribution < 1.29 is 4.39 Å². The lowest BCUT2D eigenvalue weighted by Gasteiger charge is -2.21. The van der Waals surface area contributed by atoms with Crippen LogP contribution in [0.5, 0.6) is 0 Å². The summed E-state index contributed by atoms with van der Waals surface area (Å²) in [7, 11) is 0. The molecule has 0 bridgehead atoms. The van der Waals surface area contributed by atoms with Gasteiger partial charge in [-0.3, -0.25) is 0 Å². The monoisotopic (exact) mass is 260 g/mol. The van der Waals surface area contributed by atoms with E-state index in [0.29, 0.717) is 18.2 Å². The molecule has 0 spiro atoms. The fourth-order valence-electron chi connectivity index (χ4n) is 2.72. The Hall–Kier alpha value is -1.40. The number of nitrogens with zero attached hydrogens (tertiary/aromatic N) is 1. The third-order valence-electron chi connectivity index (χ3n) is 3.89. The maximum atomic E-state index is 13.9. The van der Waals surface area contributed by atoms with Gasteiger partial charge in [-0.05, 0) is 18.9 Å².